The highest BCUT2D eigenvalue weighted by Crippen LogP contribution is 2.21. The van der Waals surface area contributed by atoms with E-state index in [0.29, 0.717) is 0 Å². The Morgan fingerprint density at radius 1 is 1.58 bits per heavy atom. The van der Waals surface area contributed by atoms with Crippen molar-refractivity contribution < 1.29 is 14.2 Å². The molecule has 0 unspecified atom stereocenters. The van der Waals surface area contributed by atoms with Crippen LogP contribution in [0.4, 0.5) is 4.39 Å². The van der Waals surface area contributed by atoms with Crippen LogP contribution in [0, 0.1) is 18.2 Å². The molecule has 0 aliphatic carbocycles. The lowest BCUT2D eigenvalue weighted by Crippen LogP contribution is -1.95. The topological polar surface area (TPSA) is 29.5 Å². The van der Waals surface area contributed by atoms with Crippen molar-refractivity contribution in [1.29, 1.82) is 0 Å². The maximum atomic E-state index is 12.8. The van der Waals surface area contributed by atoms with Crippen LogP contribution in [-0.4, -0.2) is 11.7 Å². The molecular formula is C9H7FO2. The highest BCUT2D eigenvalue weighted by molar-refractivity contribution is 5.33. The smallest absolute Gasteiger partial charge is 0.165 e. The average molecular weight is 166 g/mol. The molecular weight excluding hydrogens is 159 g/mol. The Kier molecular flexibility index (Phi) is 2.54. The van der Waals surface area contributed by atoms with Gasteiger partial charge < -0.3 is 9.84 Å². The summed E-state index contributed by atoms with van der Waals surface area (Å²) < 4.78 is 17.6. The Balaban J connectivity index is 2.84. The van der Waals surface area contributed by atoms with Gasteiger partial charge in [-0.15, -0.1) is 6.42 Å². The summed E-state index contributed by atoms with van der Waals surface area (Å²) in [5.74, 6) is 1.57. The van der Waals surface area contributed by atoms with Gasteiger partial charge in [0.25, 0.3) is 0 Å². The third kappa shape index (κ3) is 1.89. The molecule has 0 spiro atoms. The van der Waals surface area contributed by atoms with Crippen LogP contribution in [0.3, 0.4) is 0 Å². The van der Waals surface area contributed by atoms with E-state index in [2.05, 4.69) is 5.92 Å². The molecule has 62 valence electrons. The van der Waals surface area contributed by atoms with E-state index in [0.717, 1.165) is 6.07 Å². The molecule has 0 aromatic heterocycles. The predicted molar refractivity (Wildman–Crippen MR) is 42.4 cm³/mol. The number of phenols is 1. The van der Waals surface area contributed by atoms with E-state index >= 15 is 0 Å². The van der Waals surface area contributed by atoms with E-state index in [1.165, 1.54) is 12.1 Å². The maximum absolute atomic E-state index is 12.8. The van der Waals surface area contributed by atoms with Crippen LogP contribution in [0.1, 0.15) is 0 Å². The molecule has 0 bridgehead atoms. The van der Waals surface area contributed by atoms with Gasteiger partial charge in [-0.1, -0.05) is 5.92 Å². The average Bonchev–Trinajstić information content (AvgIpc) is 2.07. The third-order valence-corrected chi connectivity index (χ3v) is 1.23. The summed E-state index contributed by atoms with van der Waals surface area (Å²) in [6.07, 6.45) is 4.90. The van der Waals surface area contributed by atoms with Crippen LogP contribution in [0.15, 0.2) is 18.2 Å². The minimum Gasteiger partial charge on any atom is -0.508 e. The van der Waals surface area contributed by atoms with Crippen molar-refractivity contribution in [3.63, 3.8) is 0 Å². The summed E-state index contributed by atoms with van der Waals surface area (Å²) >= 11 is 0. The number of aromatic hydroxyl groups is 1. The van der Waals surface area contributed by atoms with Crippen molar-refractivity contribution >= 4 is 0 Å². The molecule has 0 saturated heterocycles. The fraction of sp³-hybridized carbons (Fsp3) is 0.111. The largest absolute Gasteiger partial charge is 0.508 e. The lowest BCUT2D eigenvalue weighted by atomic mass is 10.3. The van der Waals surface area contributed by atoms with Gasteiger partial charge >= 0.3 is 0 Å². The SMILES string of the molecule is C#CCOc1cc(O)ccc1F. The molecule has 0 amide bonds. The molecule has 2 nitrogen and oxygen atoms in total. The number of benzene rings is 1. The van der Waals surface area contributed by atoms with Gasteiger partial charge in [0.05, 0.1) is 0 Å². The fourth-order valence-electron chi connectivity index (χ4n) is 0.722. The molecule has 1 aromatic rings. The second-order valence-corrected chi connectivity index (χ2v) is 2.11. The van der Waals surface area contributed by atoms with Crippen molar-refractivity contribution in [3.05, 3.63) is 24.0 Å². The molecule has 0 fully saturated rings. The summed E-state index contributed by atoms with van der Waals surface area (Å²) in [6.45, 7) is -0.0135. The third-order valence-electron chi connectivity index (χ3n) is 1.23. The Labute approximate surface area is 69.6 Å². The van der Waals surface area contributed by atoms with Crippen LogP contribution in [0.25, 0.3) is 0 Å². The molecule has 1 rings (SSSR count). The van der Waals surface area contributed by atoms with Crippen LogP contribution < -0.4 is 4.74 Å². The van der Waals surface area contributed by atoms with Crippen molar-refractivity contribution in [2.45, 2.75) is 0 Å². The predicted octanol–water partition coefficient (Wildman–Crippen LogP) is 1.54. The van der Waals surface area contributed by atoms with E-state index in [-0.39, 0.29) is 18.1 Å². The second-order valence-electron chi connectivity index (χ2n) is 2.11. The van der Waals surface area contributed by atoms with Gasteiger partial charge in [-0.25, -0.2) is 4.39 Å². The number of halogens is 1. The van der Waals surface area contributed by atoms with Gasteiger partial charge in [0.1, 0.15) is 12.4 Å². The highest BCUT2D eigenvalue weighted by Gasteiger charge is 2.02. The minimum atomic E-state index is -0.539. The normalized spacial score (nSPS) is 9.00. The number of rotatable bonds is 2. The van der Waals surface area contributed by atoms with Crippen molar-refractivity contribution in [3.8, 4) is 23.8 Å². The first-order valence-corrected chi connectivity index (χ1v) is 3.29. The van der Waals surface area contributed by atoms with Crippen molar-refractivity contribution in [1.82, 2.24) is 0 Å². The molecule has 1 N–H and O–H groups in total. The first kappa shape index (κ1) is 8.41. The van der Waals surface area contributed by atoms with Crippen molar-refractivity contribution in [2.24, 2.45) is 0 Å². The van der Waals surface area contributed by atoms with Gasteiger partial charge in [0.15, 0.2) is 11.6 Å². The summed E-state index contributed by atoms with van der Waals surface area (Å²) in [6, 6.07) is 3.52. The Morgan fingerprint density at radius 3 is 3.00 bits per heavy atom. The quantitative estimate of drug-likeness (QED) is 0.675. The van der Waals surface area contributed by atoms with E-state index in [4.69, 9.17) is 16.3 Å². The van der Waals surface area contributed by atoms with E-state index in [1.54, 1.807) is 0 Å². The Morgan fingerprint density at radius 2 is 2.33 bits per heavy atom. The Bertz CT molecular complexity index is 315. The van der Waals surface area contributed by atoms with Crippen LogP contribution in [-0.2, 0) is 0 Å². The van der Waals surface area contributed by atoms with Crippen LogP contribution in [0.2, 0.25) is 0 Å². The first-order chi connectivity index (χ1) is 5.74. The minimum absolute atomic E-state index is 0.0135. The molecule has 12 heavy (non-hydrogen) atoms. The maximum Gasteiger partial charge on any atom is 0.165 e. The number of ether oxygens (including phenoxy) is 1. The molecule has 0 atom stereocenters. The molecule has 0 aliphatic rings. The number of hydrogen-bond acceptors (Lipinski definition) is 2. The van der Waals surface area contributed by atoms with Gasteiger partial charge in [0, 0.05) is 6.07 Å². The lowest BCUT2D eigenvalue weighted by molar-refractivity contribution is 0.344. The van der Waals surface area contributed by atoms with E-state index < -0.39 is 5.82 Å². The highest BCUT2D eigenvalue weighted by atomic mass is 19.1. The van der Waals surface area contributed by atoms with E-state index in [9.17, 15) is 4.39 Å². The molecule has 0 saturated carbocycles. The summed E-state index contributed by atoms with van der Waals surface area (Å²) in [5, 5.41) is 8.94. The fourth-order valence-corrected chi connectivity index (χ4v) is 0.722. The van der Waals surface area contributed by atoms with E-state index in [1.807, 2.05) is 0 Å². The zero-order valence-electron chi connectivity index (χ0n) is 6.25. The molecule has 0 aliphatic heterocycles. The number of phenolic OH excluding ortho intramolecular Hbond substituents is 1. The van der Waals surface area contributed by atoms with Crippen molar-refractivity contribution in [2.75, 3.05) is 6.61 Å². The van der Waals surface area contributed by atoms with Gasteiger partial charge in [0.2, 0.25) is 0 Å². The number of hydrogen-bond donors (Lipinski definition) is 1. The molecule has 3 heteroatoms. The summed E-state index contributed by atoms with van der Waals surface area (Å²) in [4.78, 5) is 0. The molecule has 1 aromatic carbocycles. The first-order valence-electron chi connectivity index (χ1n) is 3.29. The van der Waals surface area contributed by atoms with Crippen LogP contribution >= 0.6 is 0 Å². The zero-order valence-corrected chi connectivity index (χ0v) is 6.25. The number of terminal acetylenes is 1. The van der Waals surface area contributed by atoms with Gasteiger partial charge in [-0.3, -0.25) is 0 Å². The summed E-state index contributed by atoms with van der Waals surface area (Å²) in [5.41, 5.74) is 0. The standard InChI is InChI=1S/C9H7FO2/c1-2-5-12-9-6-7(11)3-4-8(9)10/h1,3-4,6,11H,5H2. The monoisotopic (exact) mass is 166 g/mol. The second kappa shape index (κ2) is 3.63. The molecule has 0 heterocycles. The van der Waals surface area contributed by atoms with Crippen LogP contribution in [0.5, 0.6) is 11.5 Å². The molecule has 0 radical (unpaired) electrons. The van der Waals surface area contributed by atoms with Gasteiger partial charge in [-0.05, 0) is 12.1 Å². The summed E-state index contributed by atoms with van der Waals surface area (Å²) in [7, 11) is 0. The zero-order chi connectivity index (χ0) is 8.97. The Hall–Kier alpha value is -1.69. The van der Waals surface area contributed by atoms with Gasteiger partial charge in [-0.2, -0.15) is 0 Å². The lowest BCUT2D eigenvalue weighted by Gasteiger charge is -2.03.